The van der Waals surface area contributed by atoms with Crippen molar-refractivity contribution in [3.05, 3.63) is 35.4 Å². The minimum Gasteiger partial charge on any atom is -0.370 e. The van der Waals surface area contributed by atoms with E-state index in [9.17, 15) is 13.2 Å². The first-order valence-electron chi connectivity index (χ1n) is 7.11. The van der Waals surface area contributed by atoms with Crippen LogP contribution in [-0.4, -0.2) is 25.2 Å². The Balaban J connectivity index is 2.53. The molecule has 0 aliphatic rings. The number of benzene rings is 1. The smallest absolute Gasteiger partial charge is 0.370 e. The number of aliphatic imine (C=N–C) groups is 1. The summed E-state index contributed by atoms with van der Waals surface area (Å²) in [5.41, 5.74) is 12.3. The van der Waals surface area contributed by atoms with E-state index in [2.05, 4.69) is 24.2 Å². The van der Waals surface area contributed by atoms with Crippen molar-refractivity contribution in [2.45, 2.75) is 32.5 Å². The van der Waals surface area contributed by atoms with E-state index in [1.54, 1.807) is 0 Å². The summed E-state index contributed by atoms with van der Waals surface area (Å²) >= 11 is 0. The van der Waals surface area contributed by atoms with Crippen molar-refractivity contribution in [1.29, 1.82) is 0 Å². The lowest BCUT2D eigenvalue weighted by Gasteiger charge is -2.19. The molecule has 1 rings (SSSR count). The van der Waals surface area contributed by atoms with Crippen molar-refractivity contribution in [3.63, 3.8) is 0 Å². The van der Waals surface area contributed by atoms with E-state index in [1.165, 1.54) is 5.56 Å². The Labute approximate surface area is 128 Å². The second-order valence-corrected chi connectivity index (χ2v) is 5.53. The molecule has 0 amide bonds. The van der Waals surface area contributed by atoms with E-state index in [4.69, 9.17) is 11.5 Å². The second kappa shape index (κ2) is 8.03. The summed E-state index contributed by atoms with van der Waals surface area (Å²) in [6.07, 6.45) is -4.34. The summed E-state index contributed by atoms with van der Waals surface area (Å²) in [5.74, 6) is -1.51. The third-order valence-electron chi connectivity index (χ3n) is 3.32. The van der Waals surface area contributed by atoms with E-state index >= 15 is 0 Å². The average Bonchev–Trinajstić information content (AvgIpc) is 2.41. The zero-order valence-electron chi connectivity index (χ0n) is 12.8. The Morgan fingerprint density at radius 2 is 1.77 bits per heavy atom. The zero-order valence-corrected chi connectivity index (χ0v) is 12.8. The monoisotopic (exact) mass is 316 g/mol. The number of alkyl halides is 3. The van der Waals surface area contributed by atoms with Crippen LogP contribution in [0.2, 0.25) is 0 Å². The highest BCUT2D eigenvalue weighted by Gasteiger charge is 2.38. The SMILES string of the molecule is CC(C)c1ccc(CNCC(CN=C(N)N)C(F)(F)F)cc1. The molecule has 0 aliphatic carbocycles. The number of hydrogen-bond acceptors (Lipinski definition) is 2. The molecule has 124 valence electrons. The average molecular weight is 316 g/mol. The molecule has 1 atom stereocenters. The standard InChI is InChI=1S/C15H23F3N4/c1-10(2)12-5-3-11(4-6-12)7-21-8-13(15(16,17)18)9-22-14(19)20/h3-6,10,13,21H,7-9H2,1-2H3,(H4,19,20,22). The molecule has 1 unspecified atom stereocenters. The van der Waals surface area contributed by atoms with E-state index < -0.39 is 18.6 Å². The van der Waals surface area contributed by atoms with E-state index in [-0.39, 0.29) is 12.5 Å². The molecule has 0 heterocycles. The first-order chi connectivity index (χ1) is 10.2. The number of rotatable bonds is 7. The molecular formula is C15H23F3N4. The molecule has 4 nitrogen and oxygen atoms in total. The van der Waals surface area contributed by atoms with Gasteiger partial charge in [-0.05, 0) is 17.0 Å². The zero-order chi connectivity index (χ0) is 16.8. The predicted molar refractivity (Wildman–Crippen MR) is 82.5 cm³/mol. The molecule has 1 aromatic carbocycles. The lowest BCUT2D eigenvalue weighted by Crippen LogP contribution is -2.36. The molecular weight excluding hydrogens is 293 g/mol. The number of nitrogens with two attached hydrogens (primary N) is 2. The minimum absolute atomic E-state index is 0.230. The van der Waals surface area contributed by atoms with Crippen LogP contribution in [0.25, 0.3) is 0 Å². The fraction of sp³-hybridized carbons (Fsp3) is 0.533. The van der Waals surface area contributed by atoms with Crippen molar-refractivity contribution in [2.24, 2.45) is 22.4 Å². The number of hydrogen-bond donors (Lipinski definition) is 3. The molecule has 0 bridgehead atoms. The van der Waals surface area contributed by atoms with Gasteiger partial charge in [0.25, 0.3) is 0 Å². The van der Waals surface area contributed by atoms with Gasteiger partial charge < -0.3 is 16.8 Å². The lowest BCUT2D eigenvalue weighted by molar-refractivity contribution is -0.170. The Morgan fingerprint density at radius 3 is 2.23 bits per heavy atom. The Hall–Kier alpha value is -1.76. The largest absolute Gasteiger partial charge is 0.394 e. The Morgan fingerprint density at radius 1 is 1.18 bits per heavy atom. The number of halogens is 3. The summed E-state index contributed by atoms with van der Waals surface area (Å²) < 4.78 is 38.5. The van der Waals surface area contributed by atoms with Crippen LogP contribution >= 0.6 is 0 Å². The number of guanidine groups is 1. The minimum atomic E-state index is -4.34. The molecule has 0 fully saturated rings. The number of nitrogens with zero attached hydrogens (tertiary/aromatic N) is 1. The fourth-order valence-corrected chi connectivity index (χ4v) is 1.91. The van der Waals surface area contributed by atoms with Gasteiger partial charge >= 0.3 is 6.18 Å². The Bertz CT molecular complexity index is 477. The van der Waals surface area contributed by atoms with Crippen molar-refractivity contribution >= 4 is 5.96 Å². The van der Waals surface area contributed by atoms with Gasteiger partial charge in [0.15, 0.2) is 5.96 Å². The summed E-state index contributed by atoms with van der Waals surface area (Å²) in [6.45, 7) is 3.85. The topological polar surface area (TPSA) is 76.4 Å². The van der Waals surface area contributed by atoms with E-state index in [0.29, 0.717) is 12.5 Å². The summed E-state index contributed by atoms with van der Waals surface area (Å²) in [7, 11) is 0. The van der Waals surface area contributed by atoms with Crippen molar-refractivity contribution < 1.29 is 13.2 Å². The highest BCUT2D eigenvalue weighted by Crippen LogP contribution is 2.26. The van der Waals surface area contributed by atoms with E-state index in [1.807, 2.05) is 24.3 Å². The molecule has 0 saturated carbocycles. The van der Waals surface area contributed by atoms with Crippen molar-refractivity contribution in [2.75, 3.05) is 13.1 Å². The first-order valence-corrected chi connectivity index (χ1v) is 7.11. The molecule has 0 aromatic heterocycles. The van der Waals surface area contributed by atoms with Gasteiger partial charge in [0.2, 0.25) is 0 Å². The molecule has 0 saturated heterocycles. The molecule has 7 heteroatoms. The van der Waals surface area contributed by atoms with Gasteiger partial charge in [-0.1, -0.05) is 38.1 Å². The predicted octanol–water partition coefficient (Wildman–Crippen LogP) is 2.35. The van der Waals surface area contributed by atoms with Crippen LogP contribution in [0.1, 0.15) is 30.9 Å². The van der Waals surface area contributed by atoms with Gasteiger partial charge in [-0.25, -0.2) is 0 Å². The maximum Gasteiger partial charge on any atom is 0.394 e. The van der Waals surface area contributed by atoms with Crippen molar-refractivity contribution in [3.8, 4) is 0 Å². The van der Waals surface area contributed by atoms with E-state index in [0.717, 1.165) is 5.56 Å². The van der Waals surface area contributed by atoms with Gasteiger partial charge in [-0.15, -0.1) is 0 Å². The van der Waals surface area contributed by atoms with Gasteiger partial charge in [-0.3, -0.25) is 4.99 Å². The normalized spacial score (nSPS) is 13.2. The Kier molecular flexibility index (Phi) is 6.67. The van der Waals surface area contributed by atoms with Crippen LogP contribution < -0.4 is 16.8 Å². The molecule has 1 aromatic rings. The maximum absolute atomic E-state index is 12.8. The third kappa shape index (κ3) is 6.34. The first kappa shape index (κ1) is 18.3. The third-order valence-corrected chi connectivity index (χ3v) is 3.32. The molecule has 0 radical (unpaired) electrons. The highest BCUT2D eigenvalue weighted by atomic mass is 19.4. The van der Waals surface area contributed by atoms with Crippen LogP contribution in [0.15, 0.2) is 29.3 Å². The maximum atomic E-state index is 12.8. The second-order valence-electron chi connectivity index (χ2n) is 5.53. The summed E-state index contributed by atoms with van der Waals surface area (Å²) in [6, 6.07) is 7.81. The van der Waals surface area contributed by atoms with Gasteiger partial charge in [0.1, 0.15) is 0 Å². The summed E-state index contributed by atoms with van der Waals surface area (Å²) in [4.78, 5) is 3.46. The molecule has 5 N–H and O–H groups in total. The van der Waals surface area contributed by atoms with Crippen LogP contribution in [-0.2, 0) is 6.54 Å². The quantitative estimate of drug-likeness (QED) is 0.534. The van der Waals surface area contributed by atoms with Crippen LogP contribution in [0.3, 0.4) is 0 Å². The molecule has 0 spiro atoms. The number of nitrogens with one attached hydrogen (secondary N) is 1. The van der Waals surface area contributed by atoms with Gasteiger partial charge in [0.05, 0.1) is 12.5 Å². The summed E-state index contributed by atoms with van der Waals surface area (Å²) in [5, 5.41) is 2.81. The lowest BCUT2D eigenvalue weighted by atomic mass is 10.0. The van der Waals surface area contributed by atoms with Crippen LogP contribution in [0.5, 0.6) is 0 Å². The van der Waals surface area contributed by atoms with Crippen LogP contribution in [0.4, 0.5) is 13.2 Å². The molecule has 0 aliphatic heterocycles. The van der Waals surface area contributed by atoms with Gasteiger partial charge in [-0.2, -0.15) is 13.2 Å². The fourth-order valence-electron chi connectivity index (χ4n) is 1.91. The molecule has 22 heavy (non-hydrogen) atoms. The highest BCUT2D eigenvalue weighted by molar-refractivity contribution is 5.75. The van der Waals surface area contributed by atoms with Gasteiger partial charge in [0, 0.05) is 13.1 Å². The van der Waals surface area contributed by atoms with Crippen LogP contribution in [0, 0.1) is 5.92 Å². The van der Waals surface area contributed by atoms with Crippen molar-refractivity contribution in [1.82, 2.24) is 5.32 Å².